The third-order valence-corrected chi connectivity index (χ3v) is 4.80. The van der Waals surface area contributed by atoms with Crippen molar-refractivity contribution in [3.8, 4) is 5.95 Å². The predicted octanol–water partition coefficient (Wildman–Crippen LogP) is 3.22. The number of aryl methyl sites for hydroxylation is 3. The molecular formula is C23H28N6O2. The lowest BCUT2D eigenvalue weighted by Gasteiger charge is -2.13. The van der Waals surface area contributed by atoms with Gasteiger partial charge in [-0.15, -0.1) is 0 Å². The van der Waals surface area contributed by atoms with Crippen molar-refractivity contribution in [1.29, 1.82) is 0 Å². The molecule has 0 aliphatic rings. The van der Waals surface area contributed by atoms with Crippen LogP contribution in [0.2, 0.25) is 0 Å². The zero-order chi connectivity index (χ0) is 22.7. The first kappa shape index (κ1) is 22.1. The molecule has 0 unspecified atom stereocenters. The van der Waals surface area contributed by atoms with Crippen LogP contribution in [0.15, 0.2) is 30.3 Å². The van der Waals surface area contributed by atoms with E-state index in [1.807, 2.05) is 47.6 Å². The fraction of sp³-hybridized carbons (Fsp3) is 0.348. The highest BCUT2D eigenvalue weighted by atomic mass is 16.2. The van der Waals surface area contributed by atoms with Crippen LogP contribution in [0.25, 0.3) is 5.95 Å². The van der Waals surface area contributed by atoms with Gasteiger partial charge in [0.05, 0.1) is 23.4 Å². The van der Waals surface area contributed by atoms with Crippen molar-refractivity contribution >= 4 is 17.5 Å². The predicted molar refractivity (Wildman–Crippen MR) is 119 cm³/mol. The van der Waals surface area contributed by atoms with Crippen molar-refractivity contribution in [2.75, 3.05) is 5.32 Å². The summed E-state index contributed by atoms with van der Waals surface area (Å²) in [6.45, 7) is 11.4. The monoisotopic (exact) mass is 420 g/mol. The number of hydrogen-bond acceptors (Lipinski definition) is 5. The summed E-state index contributed by atoms with van der Waals surface area (Å²) in [6, 6.07) is 8.87. The van der Waals surface area contributed by atoms with Gasteiger partial charge in [0.2, 0.25) is 5.91 Å². The number of rotatable bonds is 6. The number of carbonyl (C=O) groups is 2. The van der Waals surface area contributed by atoms with Crippen LogP contribution in [-0.2, 0) is 11.2 Å². The van der Waals surface area contributed by atoms with Crippen LogP contribution in [0.4, 0.5) is 5.69 Å². The van der Waals surface area contributed by atoms with E-state index in [2.05, 4.69) is 25.7 Å². The van der Waals surface area contributed by atoms with Gasteiger partial charge in [-0.2, -0.15) is 5.10 Å². The number of carbonyl (C=O) groups excluding carboxylic acids is 2. The molecule has 2 aromatic heterocycles. The summed E-state index contributed by atoms with van der Waals surface area (Å²) in [5.41, 5.74) is 4.97. The Balaban J connectivity index is 1.83. The SMILES string of the molecule is Cc1cc(C)nc(-n2nc(C)c(CC(=O)Nc3ccccc3C(=O)NC(C)C)c2C)n1. The summed E-state index contributed by atoms with van der Waals surface area (Å²) in [6.07, 6.45) is 0.128. The molecule has 0 saturated carbocycles. The van der Waals surface area contributed by atoms with Crippen molar-refractivity contribution in [2.24, 2.45) is 0 Å². The maximum atomic E-state index is 12.8. The van der Waals surface area contributed by atoms with E-state index in [1.54, 1.807) is 28.9 Å². The first-order chi connectivity index (χ1) is 14.7. The van der Waals surface area contributed by atoms with Crippen LogP contribution in [0.5, 0.6) is 0 Å². The quantitative estimate of drug-likeness (QED) is 0.638. The Kier molecular flexibility index (Phi) is 6.48. The van der Waals surface area contributed by atoms with Crippen molar-refractivity contribution in [3.63, 3.8) is 0 Å². The molecule has 0 saturated heterocycles. The van der Waals surface area contributed by atoms with E-state index in [-0.39, 0.29) is 24.3 Å². The van der Waals surface area contributed by atoms with Crippen LogP contribution in [0.3, 0.4) is 0 Å². The molecule has 1 aromatic carbocycles. The number of para-hydroxylation sites is 1. The van der Waals surface area contributed by atoms with Gasteiger partial charge in [-0.25, -0.2) is 14.6 Å². The van der Waals surface area contributed by atoms with Gasteiger partial charge < -0.3 is 10.6 Å². The van der Waals surface area contributed by atoms with E-state index in [4.69, 9.17) is 0 Å². The third-order valence-electron chi connectivity index (χ3n) is 4.80. The van der Waals surface area contributed by atoms with Crippen LogP contribution in [0, 0.1) is 27.7 Å². The normalized spacial score (nSPS) is 10.9. The minimum Gasteiger partial charge on any atom is -0.350 e. The highest BCUT2D eigenvalue weighted by molar-refractivity contribution is 6.04. The summed E-state index contributed by atoms with van der Waals surface area (Å²) in [5, 5.41) is 10.3. The van der Waals surface area contributed by atoms with Crippen LogP contribution in [0.1, 0.15) is 52.5 Å². The molecule has 162 valence electrons. The second kappa shape index (κ2) is 9.07. The molecule has 2 N–H and O–H groups in total. The summed E-state index contributed by atoms with van der Waals surface area (Å²) in [7, 11) is 0. The molecule has 0 aliphatic heterocycles. The standard InChI is InChI=1S/C23H28N6O2/c1-13(2)24-22(31)18-9-7-8-10-20(18)27-21(30)12-19-16(5)28-29(17(19)6)23-25-14(3)11-15(4)26-23/h7-11,13H,12H2,1-6H3,(H,24,31)(H,27,30). The van der Waals surface area contributed by atoms with E-state index in [0.29, 0.717) is 17.2 Å². The molecule has 0 aliphatic carbocycles. The summed E-state index contributed by atoms with van der Waals surface area (Å²) < 4.78 is 1.67. The van der Waals surface area contributed by atoms with Crippen molar-refractivity contribution in [2.45, 2.75) is 54.0 Å². The smallest absolute Gasteiger partial charge is 0.253 e. The van der Waals surface area contributed by atoms with Gasteiger partial charge in [0.25, 0.3) is 11.9 Å². The Labute approximate surface area is 182 Å². The van der Waals surface area contributed by atoms with Crippen LogP contribution < -0.4 is 10.6 Å². The number of anilines is 1. The molecule has 0 bridgehead atoms. The van der Waals surface area contributed by atoms with E-state index in [9.17, 15) is 9.59 Å². The lowest BCUT2D eigenvalue weighted by Crippen LogP contribution is -2.31. The van der Waals surface area contributed by atoms with Gasteiger partial charge in [-0.3, -0.25) is 9.59 Å². The topological polar surface area (TPSA) is 102 Å². The average Bonchev–Trinajstić information content (AvgIpc) is 2.95. The zero-order valence-corrected chi connectivity index (χ0v) is 18.8. The lowest BCUT2D eigenvalue weighted by atomic mass is 10.1. The average molecular weight is 421 g/mol. The molecule has 3 aromatic rings. The Morgan fingerprint density at radius 2 is 1.68 bits per heavy atom. The number of hydrogen-bond donors (Lipinski definition) is 2. The Bertz CT molecular complexity index is 1110. The maximum Gasteiger partial charge on any atom is 0.253 e. The fourth-order valence-electron chi connectivity index (χ4n) is 3.41. The van der Waals surface area contributed by atoms with Crippen LogP contribution in [-0.4, -0.2) is 37.6 Å². The second-order valence-corrected chi connectivity index (χ2v) is 7.91. The number of amides is 2. The zero-order valence-electron chi connectivity index (χ0n) is 18.8. The Hall–Kier alpha value is -3.55. The molecule has 0 radical (unpaired) electrons. The largest absolute Gasteiger partial charge is 0.350 e. The second-order valence-electron chi connectivity index (χ2n) is 7.91. The lowest BCUT2D eigenvalue weighted by molar-refractivity contribution is -0.115. The number of benzene rings is 1. The van der Waals surface area contributed by atoms with E-state index in [0.717, 1.165) is 28.3 Å². The van der Waals surface area contributed by atoms with Crippen molar-refractivity contribution in [1.82, 2.24) is 25.1 Å². The molecule has 31 heavy (non-hydrogen) atoms. The summed E-state index contributed by atoms with van der Waals surface area (Å²) in [5.74, 6) is 0.0374. The van der Waals surface area contributed by atoms with Gasteiger partial charge in [0.15, 0.2) is 0 Å². The van der Waals surface area contributed by atoms with E-state index >= 15 is 0 Å². The summed E-state index contributed by atoms with van der Waals surface area (Å²) >= 11 is 0. The minimum atomic E-state index is -0.225. The van der Waals surface area contributed by atoms with Crippen molar-refractivity contribution in [3.05, 3.63) is 64.2 Å². The van der Waals surface area contributed by atoms with Gasteiger partial charge in [0, 0.05) is 28.7 Å². The maximum absolute atomic E-state index is 12.8. The number of nitrogens with zero attached hydrogens (tertiary/aromatic N) is 4. The molecule has 0 atom stereocenters. The molecular weight excluding hydrogens is 392 g/mol. The fourth-order valence-corrected chi connectivity index (χ4v) is 3.41. The van der Waals surface area contributed by atoms with Gasteiger partial charge >= 0.3 is 0 Å². The third kappa shape index (κ3) is 5.14. The van der Waals surface area contributed by atoms with Crippen LogP contribution >= 0.6 is 0 Å². The first-order valence-electron chi connectivity index (χ1n) is 10.2. The Morgan fingerprint density at radius 3 is 2.32 bits per heavy atom. The molecule has 2 amide bonds. The van der Waals surface area contributed by atoms with E-state index in [1.165, 1.54) is 0 Å². The molecule has 0 fully saturated rings. The molecule has 8 heteroatoms. The van der Waals surface area contributed by atoms with Gasteiger partial charge in [-0.1, -0.05) is 12.1 Å². The van der Waals surface area contributed by atoms with E-state index < -0.39 is 0 Å². The number of aromatic nitrogens is 4. The molecule has 8 nitrogen and oxygen atoms in total. The minimum absolute atomic E-state index is 0.000116. The first-order valence-corrected chi connectivity index (χ1v) is 10.2. The number of nitrogens with one attached hydrogen (secondary N) is 2. The highest BCUT2D eigenvalue weighted by Crippen LogP contribution is 2.19. The van der Waals surface area contributed by atoms with Gasteiger partial charge in [-0.05, 0) is 59.7 Å². The molecule has 0 spiro atoms. The van der Waals surface area contributed by atoms with Crippen molar-refractivity contribution < 1.29 is 9.59 Å². The summed E-state index contributed by atoms with van der Waals surface area (Å²) in [4.78, 5) is 34.2. The molecule has 3 rings (SSSR count). The Morgan fingerprint density at radius 1 is 1.03 bits per heavy atom. The highest BCUT2D eigenvalue weighted by Gasteiger charge is 2.19. The molecule has 2 heterocycles. The van der Waals surface area contributed by atoms with Gasteiger partial charge in [0.1, 0.15) is 0 Å².